The summed E-state index contributed by atoms with van der Waals surface area (Å²) >= 11 is 0. The normalized spacial score (nSPS) is 7.57. The van der Waals surface area contributed by atoms with Crippen LogP contribution in [0.3, 0.4) is 0 Å². The maximum atomic E-state index is 9.88. The van der Waals surface area contributed by atoms with E-state index in [1.807, 2.05) is 5.34 Å². The molecule has 0 N–H and O–H groups in total. The third-order valence-corrected chi connectivity index (χ3v) is 0.321. The molecule has 0 atom stereocenters. The summed E-state index contributed by atoms with van der Waals surface area (Å²) in [7, 11) is 0. The van der Waals surface area contributed by atoms with Crippen LogP contribution in [0.4, 0.5) is 0 Å². The Hall–Kier alpha value is -0.930. The van der Waals surface area contributed by atoms with Gasteiger partial charge in [0.1, 0.15) is 0 Å². The number of hydrogen-bond acceptors (Lipinski definition) is 4. The first-order valence-corrected chi connectivity index (χ1v) is 1.71. The molecule has 0 saturated carbocycles. The zero-order chi connectivity index (χ0) is 5.70. The Balaban J connectivity index is 2.97. The largest absolute Gasteiger partial charge is 0.356 e. The highest BCUT2D eigenvalue weighted by molar-refractivity contribution is 5.76. The van der Waals surface area contributed by atoms with E-state index in [-0.39, 0.29) is 12.4 Å². The molecule has 0 aliphatic carbocycles. The van der Waals surface area contributed by atoms with Crippen molar-refractivity contribution in [2.45, 2.75) is 6.92 Å². The monoisotopic (exact) mass is 103 g/mol. The molecule has 4 heteroatoms. The van der Waals surface area contributed by atoms with Crippen LogP contribution in [0.5, 0.6) is 0 Å². The number of carbonyl (C=O) groups is 1. The smallest absolute Gasteiger partial charge is 0.178 e. The molecule has 0 aliphatic rings. The molecular formula is C3H5NO3. The summed E-state index contributed by atoms with van der Waals surface area (Å²) < 4.78 is 0. The van der Waals surface area contributed by atoms with Crippen LogP contribution in [0, 0.1) is 4.91 Å². The first-order valence-electron chi connectivity index (χ1n) is 1.71. The van der Waals surface area contributed by atoms with Crippen molar-refractivity contribution < 1.29 is 9.63 Å². The maximum absolute atomic E-state index is 9.88. The van der Waals surface area contributed by atoms with Crippen LogP contribution in [0.25, 0.3) is 0 Å². The third-order valence-electron chi connectivity index (χ3n) is 0.321. The average Bonchev–Trinajstić information content (AvgIpc) is 1.61. The summed E-state index contributed by atoms with van der Waals surface area (Å²) in [4.78, 5) is 22.8. The molecule has 0 bridgehead atoms. The van der Waals surface area contributed by atoms with Crippen LogP contribution in [-0.2, 0) is 9.63 Å². The van der Waals surface area contributed by atoms with Crippen LogP contribution >= 0.6 is 0 Å². The molecular weight excluding hydrogens is 98.0 g/mol. The molecule has 0 saturated heterocycles. The number of carbonyl (C=O) groups excluding carboxylic acids is 1. The van der Waals surface area contributed by atoms with Gasteiger partial charge in [-0.05, 0) is 6.92 Å². The van der Waals surface area contributed by atoms with Gasteiger partial charge in [-0.15, -0.1) is 4.91 Å². The van der Waals surface area contributed by atoms with Crippen LogP contribution in [0.15, 0.2) is 5.34 Å². The molecule has 0 rings (SSSR count). The molecule has 0 radical (unpaired) electrons. The Bertz CT molecular complexity index is 80.2. The Labute approximate surface area is 40.4 Å². The van der Waals surface area contributed by atoms with Crippen molar-refractivity contribution in [1.82, 2.24) is 0 Å². The first-order chi connectivity index (χ1) is 3.27. The van der Waals surface area contributed by atoms with E-state index in [2.05, 4.69) is 4.84 Å². The van der Waals surface area contributed by atoms with E-state index >= 15 is 0 Å². The third kappa shape index (κ3) is 5.07. The van der Waals surface area contributed by atoms with E-state index in [4.69, 9.17) is 4.91 Å². The topological polar surface area (TPSA) is 55.7 Å². The summed E-state index contributed by atoms with van der Waals surface area (Å²) in [6.07, 6.45) is 0. The van der Waals surface area contributed by atoms with Gasteiger partial charge in [-0.2, -0.15) is 0 Å². The minimum Gasteiger partial charge on any atom is -0.356 e. The summed E-state index contributed by atoms with van der Waals surface area (Å²) in [5.74, 6) is -0.209. The zero-order valence-corrected chi connectivity index (χ0v) is 3.88. The second-order valence-corrected chi connectivity index (χ2v) is 1.05. The summed E-state index contributed by atoms with van der Waals surface area (Å²) in [5, 5.41) is 2.00. The van der Waals surface area contributed by atoms with Gasteiger partial charge >= 0.3 is 0 Å². The van der Waals surface area contributed by atoms with Crippen molar-refractivity contribution in [1.29, 1.82) is 0 Å². The van der Waals surface area contributed by atoms with Crippen molar-refractivity contribution in [3.05, 3.63) is 4.91 Å². The lowest BCUT2D eigenvalue weighted by atomic mass is 10.5. The molecule has 0 fully saturated rings. The van der Waals surface area contributed by atoms with Crippen LogP contribution in [0.2, 0.25) is 0 Å². The van der Waals surface area contributed by atoms with Gasteiger partial charge in [0.05, 0.1) is 0 Å². The van der Waals surface area contributed by atoms with E-state index in [9.17, 15) is 4.79 Å². The standard InChI is InChI=1S/C3H5NO3/c1-3(5)2-7-4-6/h2H2,1H3. The van der Waals surface area contributed by atoms with Crippen LogP contribution in [-0.4, -0.2) is 12.4 Å². The lowest BCUT2D eigenvalue weighted by molar-refractivity contribution is -0.121. The molecule has 7 heavy (non-hydrogen) atoms. The molecule has 0 amide bonds. The van der Waals surface area contributed by atoms with Gasteiger partial charge in [0, 0.05) is 0 Å². The van der Waals surface area contributed by atoms with Crippen LogP contribution < -0.4 is 0 Å². The molecule has 4 nitrogen and oxygen atoms in total. The number of nitrogens with zero attached hydrogens (tertiary/aromatic N) is 1. The predicted octanol–water partition coefficient (Wildman–Crippen LogP) is 0.273. The van der Waals surface area contributed by atoms with E-state index in [1.165, 1.54) is 6.92 Å². The number of hydrogen-bond donors (Lipinski definition) is 0. The van der Waals surface area contributed by atoms with E-state index < -0.39 is 0 Å². The van der Waals surface area contributed by atoms with Gasteiger partial charge in [-0.3, -0.25) is 4.79 Å². The minimum absolute atomic E-state index is 0.209. The molecule has 0 unspecified atom stereocenters. The Morgan fingerprint density at radius 1 is 1.86 bits per heavy atom. The van der Waals surface area contributed by atoms with Gasteiger partial charge in [0.25, 0.3) is 0 Å². The van der Waals surface area contributed by atoms with Crippen molar-refractivity contribution in [3.8, 4) is 0 Å². The van der Waals surface area contributed by atoms with Crippen molar-refractivity contribution in [2.75, 3.05) is 6.61 Å². The SMILES string of the molecule is CC(=O)CON=O. The Morgan fingerprint density at radius 3 is 2.57 bits per heavy atom. The van der Waals surface area contributed by atoms with Gasteiger partial charge in [-0.25, -0.2) is 0 Å². The molecule has 0 aromatic rings. The highest BCUT2D eigenvalue weighted by atomic mass is 16.7. The van der Waals surface area contributed by atoms with Crippen molar-refractivity contribution in [2.24, 2.45) is 5.34 Å². The van der Waals surface area contributed by atoms with E-state index in [0.29, 0.717) is 0 Å². The summed E-state index contributed by atoms with van der Waals surface area (Å²) in [6.45, 7) is 1.09. The second kappa shape index (κ2) is 3.27. The summed E-state index contributed by atoms with van der Waals surface area (Å²) in [6, 6.07) is 0. The Kier molecular flexibility index (Phi) is 2.83. The maximum Gasteiger partial charge on any atom is 0.178 e. The van der Waals surface area contributed by atoms with Gasteiger partial charge in [0.2, 0.25) is 0 Å². The lowest BCUT2D eigenvalue weighted by Gasteiger charge is -1.83. The molecule has 0 aliphatic heterocycles. The quantitative estimate of drug-likeness (QED) is 0.380. The summed E-state index contributed by atoms with van der Waals surface area (Å²) in [5.41, 5.74) is 0. The molecule has 40 valence electrons. The van der Waals surface area contributed by atoms with E-state index in [0.717, 1.165) is 0 Å². The minimum atomic E-state index is -0.219. The lowest BCUT2D eigenvalue weighted by Crippen LogP contribution is -1.98. The Morgan fingerprint density at radius 2 is 2.43 bits per heavy atom. The molecule has 0 aromatic heterocycles. The van der Waals surface area contributed by atoms with Crippen molar-refractivity contribution >= 4 is 5.78 Å². The van der Waals surface area contributed by atoms with Crippen LogP contribution in [0.1, 0.15) is 6.92 Å². The fourth-order valence-corrected chi connectivity index (χ4v) is 0.117. The number of Topliss-reactive ketones (excluding diaryl/α,β-unsaturated/α-hetero) is 1. The van der Waals surface area contributed by atoms with Gasteiger partial charge < -0.3 is 4.84 Å². The first kappa shape index (κ1) is 6.07. The number of rotatable bonds is 3. The number of ketones is 1. The van der Waals surface area contributed by atoms with E-state index in [1.54, 1.807) is 0 Å². The fraction of sp³-hybridized carbons (Fsp3) is 0.667. The predicted molar refractivity (Wildman–Crippen MR) is 22.4 cm³/mol. The zero-order valence-electron chi connectivity index (χ0n) is 3.88. The fourth-order valence-electron chi connectivity index (χ4n) is 0.117. The average molecular weight is 103 g/mol. The van der Waals surface area contributed by atoms with Gasteiger partial charge in [-0.1, -0.05) is 0 Å². The van der Waals surface area contributed by atoms with Gasteiger partial charge in [0.15, 0.2) is 17.7 Å². The molecule has 0 heterocycles. The molecule has 0 aromatic carbocycles. The highest BCUT2D eigenvalue weighted by Gasteiger charge is 1.88. The highest BCUT2D eigenvalue weighted by Crippen LogP contribution is 1.72. The molecule has 0 spiro atoms. The van der Waals surface area contributed by atoms with Crippen molar-refractivity contribution in [3.63, 3.8) is 0 Å². The second-order valence-electron chi connectivity index (χ2n) is 1.05.